The number of aromatic nitrogens is 2. The largest absolute Gasteiger partial charge is 0.475 e. The number of fused-ring (bicyclic) bond motifs is 1. The molecule has 0 fully saturated rings. The number of aliphatic hydroxyl groups excluding tert-OH is 1. The Labute approximate surface area is 194 Å². The highest BCUT2D eigenvalue weighted by Crippen LogP contribution is 2.37. The third kappa shape index (κ3) is 4.25. The van der Waals surface area contributed by atoms with E-state index in [9.17, 15) is 23.4 Å². The minimum atomic E-state index is -3.89. The number of aromatic carboxylic acids is 1. The van der Waals surface area contributed by atoms with E-state index in [1.54, 1.807) is 12.1 Å². The number of carbonyl (C=O) groups is 1. The molecule has 3 aromatic rings. The molecule has 0 saturated carbocycles. The van der Waals surface area contributed by atoms with E-state index >= 15 is 0 Å². The number of benzene rings is 1. The van der Waals surface area contributed by atoms with E-state index in [1.165, 1.54) is 30.3 Å². The fourth-order valence-electron chi connectivity index (χ4n) is 3.42. The summed E-state index contributed by atoms with van der Waals surface area (Å²) in [7, 11) is -3.45. The number of imidazole rings is 1. The lowest BCUT2D eigenvalue weighted by molar-refractivity contribution is 0.0664. The maximum atomic E-state index is 13.1. The van der Waals surface area contributed by atoms with Crippen molar-refractivity contribution >= 4 is 40.7 Å². The summed E-state index contributed by atoms with van der Waals surface area (Å²) in [6, 6.07) is 4.85. The van der Waals surface area contributed by atoms with Crippen molar-refractivity contribution in [1.82, 2.24) is 13.3 Å². The molecule has 0 spiro atoms. The van der Waals surface area contributed by atoms with Crippen LogP contribution < -0.4 is 5.45 Å². The van der Waals surface area contributed by atoms with Crippen LogP contribution in [0.4, 0.5) is 0 Å². The first kappa shape index (κ1) is 25.2. The summed E-state index contributed by atoms with van der Waals surface area (Å²) in [6.45, 7) is 12.1. The fraction of sp³-hybridized carbons (Fsp3) is 0.455. The Hall–Kier alpha value is -2.47. The number of rotatable bonds is 6. The highest BCUT2D eigenvalue weighted by atomic mass is 32.2. The summed E-state index contributed by atoms with van der Waals surface area (Å²) in [6.07, 6.45) is 0.0349. The van der Waals surface area contributed by atoms with Crippen LogP contribution in [0, 0.1) is 6.92 Å². The maximum absolute atomic E-state index is 13.1. The highest BCUT2D eigenvalue weighted by molar-refractivity contribution is 7.87. The molecule has 9 nitrogen and oxygen atoms in total. The molecule has 33 heavy (non-hydrogen) atoms. The van der Waals surface area contributed by atoms with Crippen LogP contribution in [0.5, 0.6) is 0 Å². The monoisotopic (exact) mass is 493 g/mol. The summed E-state index contributed by atoms with van der Waals surface area (Å²) < 4.78 is 34.1. The van der Waals surface area contributed by atoms with Crippen LogP contribution in [0.3, 0.4) is 0 Å². The molecule has 3 rings (SSSR count). The topological polar surface area (TPSA) is 126 Å². The number of aliphatic hydroxyl groups is 1. The van der Waals surface area contributed by atoms with Crippen LogP contribution in [0.25, 0.3) is 11.0 Å². The number of nitrogens with zero attached hydrogens (tertiary/aromatic N) is 3. The zero-order chi connectivity index (χ0) is 25.1. The summed E-state index contributed by atoms with van der Waals surface area (Å²) in [4.78, 5) is 16.1. The van der Waals surface area contributed by atoms with Crippen molar-refractivity contribution in [2.24, 2.45) is 0 Å². The van der Waals surface area contributed by atoms with Crippen LogP contribution in [-0.2, 0) is 10.2 Å². The van der Waals surface area contributed by atoms with Gasteiger partial charge in [-0.3, -0.25) is 0 Å². The van der Waals surface area contributed by atoms with Crippen LogP contribution in [-0.4, -0.2) is 60.0 Å². The van der Waals surface area contributed by atoms with E-state index in [1.807, 2.05) is 20.0 Å². The number of carboxylic acid groups (broad SMARTS) is 1. The van der Waals surface area contributed by atoms with Crippen molar-refractivity contribution in [3.05, 3.63) is 47.0 Å². The van der Waals surface area contributed by atoms with Gasteiger partial charge in [-0.1, -0.05) is 33.9 Å². The molecule has 1 aromatic carbocycles. The molecule has 0 bridgehead atoms. The Morgan fingerprint density at radius 1 is 1.21 bits per heavy atom. The van der Waals surface area contributed by atoms with Gasteiger partial charge < -0.3 is 14.6 Å². The van der Waals surface area contributed by atoms with Gasteiger partial charge in [0.1, 0.15) is 25.2 Å². The average molecular weight is 494 g/mol. The van der Waals surface area contributed by atoms with Gasteiger partial charge in [0.15, 0.2) is 0 Å². The van der Waals surface area contributed by atoms with E-state index in [0.29, 0.717) is 16.4 Å². The molecule has 1 unspecified atom stereocenters. The van der Waals surface area contributed by atoms with Crippen molar-refractivity contribution in [1.29, 1.82) is 0 Å². The van der Waals surface area contributed by atoms with E-state index in [0.717, 1.165) is 9.87 Å². The van der Waals surface area contributed by atoms with Crippen molar-refractivity contribution in [2.45, 2.75) is 51.9 Å². The molecule has 0 radical (unpaired) electrons. The third-order valence-corrected chi connectivity index (χ3v) is 13.5. The summed E-state index contributed by atoms with van der Waals surface area (Å²) in [5.74, 6) is -1.46. The van der Waals surface area contributed by atoms with Crippen LogP contribution in [0.15, 0.2) is 28.8 Å². The number of furan rings is 1. The lowest BCUT2D eigenvalue weighted by Gasteiger charge is -2.36. The molecular weight excluding hydrogens is 462 g/mol. The van der Waals surface area contributed by atoms with Crippen molar-refractivity contribution in [3.63, 3.8) is 0 Å². The smallest absolute Gasteiger partial charge is 0.371 e. The highest BCUT2D eigenvalue weighted by Gasteiger charge is 2.43. The molecule has 180 valence electrons. The molecule has 2 heterocycles. The Morgan fingerprint density at radius 2 is 1.82 bits per heavy atom. The van der Waals surface area contributed by atoms with Crippen molar-refractivity contribution < 1.29 is 27.8 Å². The molecular formula is C22H31N3O6SSi. The van der Waals surface area contributed by atoms with Gasteiger partial charge in [0, 0.05) is 31.2 Å². The molecule has 2 N–H and O–H groups in total. The maximum Gasteiger partial charge on any atom is 0.371 e. The average Bonchev–Trinajstić information content (AvgIpc) is 3.31. The predicted molar refractivity (Wildman–Crippen MR) is 129 cm³/mol. The second-order valence-corrected chi connectivity index (χ2v) is 17.3. The summed E-state index contributed by atoms with van der Waals surface area (Å²) in [5, 5.41) is 20.9. The van der Waals surface area contributed by atoms with E-state index < -0.39 is 30.4 Å². The third-order valence-electron chi connectivity index (χ3n) is 6.41. The minimum absolute atomic E-state index is 0.153. The first-order valence-electron chi connectivity index (χ1n) is 10.5. The zero-order valence-electron chi connectivity index (χ0n) is 20.2. The SMILES string of the molecule is Cc1cc(C(O)c2cn(S(=O)(=O)N(C)C)c([Si](C)(C)C(C)(C)C)n2)c2oc(C(=O)O)cc2c1. The van der Waals surface area contributed by atoms with E-state index in [4.69, 9.17) is 4.42 Å². The molecule has 0 aliphatic rings. The standard InChI is InChI=1S/C22H31N3O6SSi/c1-13-9-14-11-17(20(27)28)31-19(14)15(10-13)18(26)16-12-25(32(29,30)24(5)6)21(23-16)33(7,8)22(2,3)4/h9-12,18,26H,1-8H3,(H,27,28). The number of aryl methyl sites for hydroxylation is 1. The number of hydrogen-bond donors (Lipinski definition) is 2. The molecule has 11 heteroatoms. The van der Waals surface area contributed by atoms with Gasteiger partial charge in [0.05, 0.1) is 5.69 Å². The van der Waals surface area contributed by atoms with Gasteiger partial charge >= 0.3 is 16.2 Å². The van der Waals surface area contributed by atoms with Gasteiger partial charge in [-0.15, -0.1) is 0 Å². The zero-order valence-corrected chi connectivity index (χ0v) is 22.0. The van der Waals surface area contributed by atoms with Crippen LogP contribution in [0.2, 0.25) is 18.1 Å². The molecule has 1 atom stereocenters. The van der Waals surface area contributed by atoms with Gasteiger partial charge in [0.25, 0.3) is 0 Å². The summed E-state index contributed by atoms with van der Waals surface area (Å²) >= 11 is 0. The van der Waals surface area contributed by atoms with Crippen LogP contribution in [0.1, 0.15) is 54.3 Å². The molecule has 0 amide bonds. The predicted octanol–water partition coefficient (Wildman–Crippen LogP) is 3.09. The van der Waals surface area contributed by atoms with Gasteiger partial charge in [0.2, 0.25) is 5.76 Å². The number of carboxylic acids is 1. The lowest BCUT2D eigenvalue weighted by atomic mass is 10.0. The second-order valence-electron chi connectivity index (χ2n) is 10.0. The Balaban J connectivity index is 2.27. The molecule has 0 saturated heterocycles. The Bertz CT molecular complexity index is 1330. The second kappa shape index (κ2) is 8.08. The van der Waals surface area contributed by atoms with Crippen LogP contribution >= 0.6 is 0 Å². The minimum Gasteiger partial charge on any atom is -0.475 e. The normalized spacial score (nSPS) is 14.2. The Kier molecular flexibility index (Phi) is 6.16. The van der Waals surface area contributed by atoms with Crippen molar-refractivity contribution in [2.75, 3.05) is 14.1 Å². The molecule has 2 aromatic heterocycles. The quantitative estimate of drug-likeness (QED) is 0.505. The van der Waals surface area contributed by atoms with Gasteiger partial charge in [-0.25, -0.2) is 13.8 Å². The van der Waals surface area contributed by atoms with E-state index in [2.05, 4.69) is 25.8 Å². The Morgan fingerprint density at radius 3 is 2.33 bits per heavy atom. The summed E-state index contributed by atoms with van der Waals surface area (Å²) in [5.41, 5.74) is 1.92. The molecule has 0 aliphatic carbocycles. The molecule has 0 aliphatic heterocycles. The van der Waals surface area contributed by atoms with Gasteiger partial charge in [-0.05, 0) is 35.7 Å². The fourth-order valence-corrected chi connectivity index (χ4v) is 7.00. The first-order chi connectivity index (χ1) is 15.0. The number of hydrogen-bond acceptors (Lipinski definition) is 6. The first-order valence-corrected chi connectivity index (χ1v) is 14.9. The van der Waals surface area contributed by atoms with Gasteiger partial charge in [-0.2, -0.15) is 12.7 Å². The van der Waals surface area contributed by atoms with Crippen molar-refractivity contribution in [3.8, 4) is 0 Å². The van der Waals surface area contributed by atoms with E-state index in [-0.39, 0.29) is 22.1 Å². The lowest BCUT2D eigenvalue weighted by Crippen LogP contribution is -2.56.